The van der Waals surface area contributed by atoms with Crippen LogP contribution >= 0.6 is 22.7 Å². The number of carbonyl (C=O) groups is 1. The fourth-order valence-electron chi connectivity index (χ4n) is 3.69. The summed E-state index contributed by atoms with van der Waals surface area (Å²) < 4.78 is 6.35. The third kappa shape index (κ3) is 3.99. The third-order valence-corrected chi connectivity index (χ3v) is 7.58. The molecule has 0 saturated heterocycles. The Morgan fingerprint density at radius 2 is 1.82 bits per heavy atom. The lowest BCUT2D eigenvalue weighted by atomic mass is 10.1. The Kier molecular flexibility index (Phi) is 5.62. The molecule has 3 aromatic heterocycles. The molecule has 0 amide bonds. The Balaban J connectivity index is 1.44. The van der Waals surface area contributed by atoms with E-state index in [4.69, 9.17) is 4.74 Å². The van der Waals surface area contributed by atoms with Crippen molar-refractivity contribution in [2.45, 2.75) is 13.5 Å². The minimum Gasteiger partial charge on any atom is -0.465 e. The predicted molar refractivity (Wildman–Crippen MR) is 132 cm³/mol. The lowest BCUT2D eigenvalue weighted by Gasteiger charge is -2.03. The Morgan fingerprint density at radius 1 is 1.06 bits per heavy atom. The van der Waals surface area contributed by atoms with Gasteiger partial charge in [0.15, 0.2) is 0 Å². The molecule has 8 heteroatoms. The molecule has 0 atom stereocenters. The maximum atomic E-state index is 13.3. The molecule has 2 aromatic carbocycles. The molecule has 0 aliphatic rings. The standard InChI is InChI=1S/C25H19N3O3S2/c1-15-20-23(33-21(15)16-6-4-3-5-7-16)26-14-28(24(20)29)12-19-13-32-22(27-19)17-8-10-18(11-9-17)25(30)31-2/h3-11,13-14H,12H2,1-2H3. The highest BCUT2D eigenvalue weighted by atomic mass is 32.1. The zero-order valence-corrected chi connectivity index (χ0v) is 19.6. The summed E-state index contributed by atoms with van der Waals surface area (Å²) in [6, 6.07) is 17.2. The monoisotopic (exact) mass is 473 g/mol. The van der Waals surface area contributed by atoms with Gasteiger partial charge < -0.3 is 4.74 Å². The third-order valence-electron chi connectivity index (χ3n) is 5.39. The van der Waals surface area contributed by atoms with E-state index >= 15 is 0 Å². The number of benzene rings is 2. The number of methoxy groups -OCH3 is 1. The van der Waals surface area contributed by atoms with Crippen molar-refractivity contribution in [2.24, 2.45) is 0 Å². The molecule has 0 aliphatic carbocycles. The van der Waals surface area contributed by atoms with Crippen LogP contribution < -0.4 is 5.56 Å². The van der Waals surface area contributed by atoms with Crippen LogP contribution in [0.2, 0.25) is 0 Å². The molecule has 0 bridgehead atoms. The summed E-state index contributed by atoms with van der Waals surface area (Å²) in [5.41, 5.74) is 4.16. The highest BCUT2D eigenvalue weighted by Gasteiger charge is 2.16. The van der Waals surface area contributed by atoms with Crippen LogP contribution in [0.5, 0.6) is 0 Å². The second-order valence-electron chi connectivity index (χ2n) is 7.49. The molecule has 0 aliphatic heterocycles. The van der Waals surface area contributed by atoms with Crippen molar-refractivity contribution in [3.63, 3.8) is 0 Å². The molecule has 0 radical (unpaired) electrons. The van der Waals surface area contributed by atoms with Crippen LogP contribution in [0.15, 0.2) is 71.1 Å². The summed E-state index contributed by atoms with van der Waals surface area (Å²) in [5.74, 6) is -0.372. The Morgan fingerprint density at radius 3 is 2.55 bits per heavy atom. The van der Waals surface area contributed by atoms with Gasteiger partial charge in [0.25, 0.3) is 5.56 Å². The first-order valence-electron chi connectivity index (χ1n) is 10.2. The number of thiazole rings is 1. The van der Waals surface area contributed by atoms with Gasteiger partial charge in [-0.05, 0) is 30.2 Å². The average molecular weight is 474 g/mol. The Hall–Kier alpha value is -3.62. The number of fused-ring (bicyclic) bond motifs is 1. The van der Waals surface area contributed by atoms with Crippen LogP contribution in [0.25, 0.3) is 31.2 Å². The number of thiophene rings is 1. The van der Waals surface area contributed by atoms with Gasteiger partial charge in [-0.2, -0.15) is 0 Å². The minimum absolute atomic E-state index is 0.0621. The number of carbonyl (C=O) groups excluding carboxylic acids is 1. The lowest BCUT2D eigenvalue weighted by Crippen LogP contribution is -2.21. The van der Waals surface area contributed by atoms with Gasteiger partial charge in [-0.15, -0.1) is 22.7 Å². The summed E-state index contributed by atoms with van der Waals surface area (Å²) in [6.07, 6.45) is 1.60. The molecule has 164 valence electrons. The number of ether oxygens (including phenoxy) is 1. The quantitative estimate of drug-likeness (QED) is 0.320. The van der Waals surface area contributed by atoms with Crippen molar-refractivity contribution in [3.05, 3.63) is 93.5 Å². The number of aromatic nitrogens is 3. The maximum absolute atomic E-state index is 13.3. The van der Waals surface area contributed by atoms with E-state index < -0.39 is 0 Å². The fraction of sp³-hybridized carbons (Fsp3) is 0.120. The molecule has 0 spiro atoms. The Labute approximate surface area is 197 Å². The molecule has 0 saturated carbocycles. The Bertz CT molecular complexity index is 1520. The van der Waals surface area contributed by atoms with Crippen LogP contribution in [-0.4, -0.2) is 27.6 Å². The van der Waals surface area contributed by atoms with Gasteiger partial charge in [-0.3, -0.25) is 9.36 Å². The first-order valence-corrected chi connectivity index (χ1v) is 11.9. The molecule has 0 N–H and O–H groups in total. The number of nitrogens with zero attached hydrogens (tertiary/aromatic N) is 3. The van der Waals surface area contributed by atoms with Crippen molar-refractivity contribution in [1.82, 2.24) is 14.5 Å². The van der Waals surface area contributed by atoms with E-state index in [9.17, 15) is 9.59 Å². The van der Waals surface area contributed by atoms with E-state index in [2.05, 4.69) is 9.97 Å². The maximum Gasteiger partial charge on any atom is 0.337 e. The SMILES string of the molecule is COC(=O)c1ccc(-c2nc(Cn3cnc4sc(-c5ccccc5)c(C)c4c3=O)cs2)cc1. The van der Waals surface area contributed by atoms with Gasteiger partial charge in [0, 0.05) is 15.8 Å². The van der Waals surface area contributed by atoms with E-state index in [1.807, 2.05) is 54.8 Å². The first-order chi connectivity index (χ1) is 16.0. The minimum atomic E-state index is -0.372. The summed E-state index contributed by atoms with van der Waals surface area (Å²) in [6.45, 7) is 2.32. The zero-order chi connectivity index (χ0) is 22.9. The fourth-order valence-corrected chi connectivity index (χ4v) is 5.65. The summed E-state index contributed by atoms with van der Waals surface area (Å²) >= 11 is 3.04. The molecule has 3 heterocycles. The van der Waals surface area contributed by atoms with Crippen molar-refractivity contribution in [3.8, 4) is 21.0 Å². The number of aryl methyl sites for hydroxylation is 1. The second kappa shape index (κ2) is 8.73. The molecule has 0 fully saturated rings. The van der Waals surface area contributed by atoms with E-state index in [-0.39, 0.29) is 11.5 Å². The molecular formula is C25H19N3O3S2. The van der Waals surface area contributed by atoms with Crippen LogP contribution in [0.3, 0.4) is 0 Å². The molecule has 0 unspecified atom stereocenters. The highest BCUT2D eigenvalue weighted by Crippen LogP contribution is 2.35. The zero-order valence-electron chi connectivity index (χ0n) is 17.9. The summed E-state index contributed by atoms with van der Waals surface area (Å²) in [7, 11) is 1.36. The van der Waals surface area contributed by atoms with Crippen LogP contribution in [0, 0.1) is 6.92 Å². The average Bonchev–Trinajstić information content (AvgIpc) is 3.46. The van der Waals surface area contributed by atoms with Crippen molar-refractivity contribution < 1.29 is 9.53 Å². The topological polar surface area (TPSA) is 74.1 Å². The van der Waals surface area contributed by atoms with Crippen molar-refractivity contribution in [1.29, 1.82) is 0 Å². The van der Waals surface area contributed by atoms with Crippen LogP contribution in [0.1, 0.15) is 21.6 Å². The van der Waals surface area contributed by atoms with Crippen molar-refractivity contribution >= 4 is 38.9 Å². The molecule has 6 nitrogen and oxygen atoms in total. The van der Waals surface area contributed by atoms with E-state index in [1.165, 1.54) is 18.4 Å². The first kappa shape index (κ1) is 21.2. The lowest BCUT2D eigenvalue weighted by molar-refractivity contribution is 0.0601. The molecule has 5 aromatic rings. The number of hydrogen-bond acceptors (Lipinski definition) is 7. The van der Waals surface area contributed by atoms with Crippen molar-refractivity contribution in [2.75, 3.05) is 7.11 Å². The van der Waals surface area contributed by atoms with E-state index in [0.717, 1.165) is 37.1 Å². The second-order valence-corrected chi connectivity index (χ2v) is 9.35. The van der Waals surface area contributed by atoms with Crippen LogP contribution in [0.4, 0.5) is 0 Å². The van der Waals surface area contributed by atoms with Gasteiger partial charge in [-0.25, -0.2) is 14.8 Å². The van der Waals surface area contributed by atoms with Gasteiger partial charge in [-0.1, -0.05) is 42.5 Å². The van der Waals surface area contributed by atoms with E-state index in [0.29, 0.717) is 17.5 Å². The molecule has 5 rings (SSSR count). The molecule has 33 heavy (non-hydrogen) atoms. The van der Waals surface area contributed by atoms with Gasteiger partial charge in [0.1, 0.15) is 9.84 Å². The summed E-state index contributed by atoms with van der Waals surface area (Å²) in [4.78, 5) is 36.0. The number of esters is 1. The van der Waals surface area contributed by atoms with Gasteiger partial charge in [0.2, 0.25) is 0 Å². The highest BCUT2D eigenvalue weighted by molar-refractivity contribution is 7.22. The van der Waals surface area contributed by atoms with Gasteiger partial charge in [0.05, 0.1) is 36.6 Å². The molecular weight excluding hydrogens is 454 g/mol. The normalized spacial score (nSPS) is 11.1. The van der Waals surface area contributed by atoms with Crippen LogP contribution in [-0.2, 0) is 11.3 Å². The largest absolute Gasteiger partial charge is 0.465 e. The predicted octanol–water partition coefficient (Wildman–Crippen LogP) is 5.39. The smallest absolute Gasteiger partial charge is 0.337 e. The van der Waals surface area contributed by atoms with E-state index in [1.54, 1.807) is 34.4 Å². The number of rotatable bonds is 5. The number of hydrogen-bond donors (Lipinski definition) is 0. The van der Waals surface area contributed by atoms with Gasteiger partial charge >= 0.3 is 5.97 Å². The summed E-state index contributed by atoms with van der Waals surface area (Å²) in [5, 5.41) is 3.42.